The van der Waals surface area contributed by atoms with E-state index < -0.39 is 47.0 Å². The molecule has 1 heterocycles. The van der Waals surface area contributed by atoms with Crippen LogP contribution < -0.4 is 11.2 Å². The summed E-state index contributed by atoms with van der Waals surface area (Å²) in [5.74, 6) is -1.04. The lowest BCUT2D eigenvalue weighted by Crippen LogP contribution is -2.44. The SMILES string of the molecule is Cc1c(-c2cccc(C(C)C)c2)c(=O)n(CC(c2ccccc2O)N(C)C)c(=O)n1Cc1c(F)cccc1C(F)(F)F. The van der Waals surface area contributed by atoms with Gasteiger partial charge in [-0.05, 0) is 56.3 Å². The molecule has 6 nitrogen and oxygen atoms in total. The first-order valence-corrected chi connectivity index (χ1v) is 13.5. The van der Waals surface area contributed by atoms with Gasteiger partial charge in [-0.1, -0.05) is 62.4 Å². The molecule has 0 spiro atoms. The molecule has 0 amide bonds. The molecule has 0 bridgehead atoms. The normalized spacial score (nSPS) is 12.7. The summed E-state index contributed by atoms with van der Waals surface area (Å²) >= 11 is 0. The highest BCUT2D eigenvalue weighted by atomic mass is 19.4. The number of halogens is 4. The van der Waals surface area contributed by atoms with Crippen LogP contribution in [0.5, 0.6) is 5.75 Å². The highest BCUT2D eigenvalue weighted by Crippen LogP contribution is 2.34. The highest BCUT2D eigenvalue weighted by molar-refractivity contribution is 5.66. The van der Waals surface area contributed by atoms with E-state index in [1.165, 1.54) is 13.0 Å². The summed E-state index contributed by atoms with van der Waals surface area (Å²) in [4.78, 5) is 29.8. The van der Waals surface area contributed by atoms with Crippen molar-refractivity contribution in [2.24, 2.45) is 0 Å². The van der Waals surface area contributed by atoms with Crippen molar-refractivity contribution in [3.05, 3.63) is 121 Å². The van der Waals surface area contributed by atoms with E-state index in [0.717, 1.165) is 32.9 Å². The quantitative estimate of drug-likeness (QED) is 0.247. The Morgan fingerprint density at radius 3 is 2.21 bits per heavy atom. The minimum atomic E-state index is -4.86. The van der Waals surface area contributed by atoms with Gasteiger partial charge in [0.1, 0.15) is 11.6 Å². The molecule has 0 radical (unpaired) electrons. The van der Waals surface area contributed by atoms with Crippen LogP contribution in [0.2, 0.25) is 0 Å². The van der Waals surface area contributed by atoms with Crippen LogP contribution in [0, 0.1) is 12.7 Å². The van der Waals surface area contributed by atoms with Crippen molar-refractivity contribution in [2.75, 3.05) is 14.1 Å². The number of aromatic hydroxyl groups is 1. The summed E-state index contributed by atoms with van der Waals surface area (Å²) < 4.78 is 58.6. The Bertz CT molecular complexity index is 1720. The summed E-state index contributed by atoms with van der Waals surface area (Å²) in [6.45, 7) is 4.48. The van der Waals surface area contributed by atoms with Gasteiger partial charge >= 0.3 is 11.9 Å². The topological polar surface area (TPSA) is 67.5 Å². The molecule has 0 saturated carbocycles. The van der Waals surface area contributed by atoms with Crippen molar-refractivity contribution < 1.29 is 22.7 Å². The first-order chi connectivity index (χ1) is 19.7. The standard InChI is InChI=1S/C32H33F4N3O3/c1-19(2)21-10-8-11-22(16-21)29-20(3)38(17-24-25(32(34,35)36)13-9-14-26(24)33)31(42)39(30(29)41)18-27(37(4)5)23-12-6-7-15-28(23)40/h6-16,19,27,40H,17-18H2,1-5H3. The molecule has 0 fully saturated rings. The Morgan fingerprint density at radius 1 is 0.929 bits per heavy atom. The third-order valence-electron chi connectivity index (χ3n) is 7.54. The van der Waals surface area contributed by atoms with Gasteiger partial charge in [0.15, 0.2) is 0 Å². The number of phenols is 1. The zero-order valence-corrected chi connectivity index (χ0v) is 24.0. The van der Waals surface area contributed by atoms with Gasteiger partial charge in [-0.15, -0.1) is 0 Å². The zero-order chi connectivity index (χ0) is 30.9. The molecule has 3 aromatic carbocycles. The van der Waals surface area contributed by atoms with Gasteiger partial charge in [0.2, 0.25) is 0 Å². The third-order valence-corrected chi connectivity index (χ3v) is 7.54. The predicted octanol–water partition coefficient (Wildman–Crippen LogP) is 6.32. The molecule has 1 atom stereocenters. The molecule has 42 heavy (non-hydrogen) atoms. The Morgan fingerprint density at radius 2 is 1.60 bits per heavy atom. The molecule has 0 saturated heterocycles. The van der Waals surface area contributed by atoms with Crippen molar-refractivity contribution in [2.45, 2.75) is 52.0 Å². The molecule has 4 rings (SSSR count). The first kappa shape index (κ1) is 30.8. The Labute approximate surface area is 241 Å². The van der Waals surface area contributed by atoms with Gasteiger partial charge in [-0.2, -0.15) is 13.2 Å². The largest absolute Gasteiger partial charge is 0.508 e. The van der Waals surface area contributed by atoms with E-state index in [1.807, 2.05) is 26.0 Å². The molecule has 1 unspecified atom stereocenters. The van der Waals surface area contributed by atoms with Crippen LogP contribution in [-0.4, -0.2) is 33.2 Å². The summed E-state index contributed by atoms with van der Waals surface area (Å²) in [6, 6.07) is 15.7. The summed E-state index contributed by atoms with van der Waals surface area (Å²) in [6.07, 6.45) is -4.86. The van der Waals surface area contributed by atoms with Crippen LogP contribution in [0.25, 0.3) is 11.1 Å². The van der Waals surface area contributed by atoms with Crippen LogP contribution in [0.15, 0.2) is 76.3 Å². The number of alkyl halides is 3. The van der Waals surface area contributed by atoms with Gasteiger partial charge in [0.05, 0.1) is 30.3 Å². The second-order valence-electron chi connectivity index (χ2n) is 10.8. The summed E-state index contributed by atoms with van der Waals surface area (Å²) in [5, 5.41) is 10.5. The molecule has 10 heteroatoms. The van der Waals surface area contributed by atoms with Crippen molar-refractivity contribution >= 4 is 0 Å². The number of phenolic OH excluding ortho intramolecular Hbond substituents is 1. The van der Waals surface area contributed by atoms with E-state index in [1.54, 1.807) is 49.3 Å². The number of hydrogen-bond donors (Lipinski definition) is 1. The van der Waals surface area contributed by atoms with Crippen LogP contribution in [0.4, 0.5) is 17.6 Å². The molecule has 0 aliphatic carbocycles. The molecule has 222 valence electrons. The van der Waals surface area contributed by atoms with Crippen LogP contribution >= 0.6 is 0 Å². The van der Waals surface area contributed by atoms with E-state index in [9.17, 15) is 32.3 Å². The fourth-order valence-electron chi connectivity index (χ4n) is 5.16. The van der Waals surface area contributed by atoms with Crippen LogP contribution in [-0.2, 0) is 19.3 Å². The monoisotopic (exact) mass is 583 g/mol. The van der Waals surface area contributed by atoms with Crippen LogP contribution in [0.3, 0.4) is 0 Å². The smallest absolute Gasteiger partial charge is 0.416 e. The summed E-state index contributed by atoms with van der Waals surface area (Å²) in [7, 11) is 3.44. The summed E-state index contributed by atoms with van der Waals surface area (Å²) in [5.41, 5.74) is -1.33. The molecule has 4 aromatic rings. The number of likely N-dealkylation sites (N-methyl/N-ethyl adjacent to an activating group) is 1. The number of para-hydroxylation sites is 1. The second-order valence-corrected chi connectivity index (χ2v) is 10.8. The van der Waals surface area contributed by atoms with Crippen molar-refractivity contribution in [1.29, 1.82) is 0 Å². The van der Waals surface area contributed by atoms with E-state index in [4.69, 9.17) is 0 Å². The van der Waals surface area contributed by atoms with E-state index in [2.05, 4.69) is 0 Å². The zero-order valence-electron chi connectivity index (χ0n) is 24.0. The lowest BCUT2D eigenvalue weighted by atomic mass is 9.97. The average Bonchev–Trinajstić information content (AvgIpc) is 2.92. The predicted molar refractivity (Wildman–Crippen MR) is 154 cm³/mol. The Kier molecular flexibility index (Phi) is 8.77. The van der Waals surface area contributed by atoms with Gasteiger partial charge < -0.3 is 10.0 Å². The highest BCUT2D eigenvalue weighted by Gasteiger charge is 2.35. The molecule has 1 aromatic heterocycles. The lowest BCUT2D eigenvalue weighted by molar-refractivity contribution is -0.138. The number of hydrogen-bond acceptors (Lipinski definition) is 4. The Balaban J connectivity index is 2.02. The molecule has 1 N–H and O–H groups in total. The first-order valence-electron chi connectivity index (χ1n) is 13.5. The average molecular weight is 584 g/mol. The van der Waals surface area contributed by atoms with E-state index in [0.29, 0.717) is 11.1 Å². The van der Waals surface area contributed by atoms with E-state index >= 15 is 0 Å². The van der Waals surface area contributed by atoms with Gasteiger partial charge in [-0.3, -0.25) is 13.9 Å². The third kappa shape index (κ3) is 6.04. The second kappa shape index (κ2) is 12.0. The van der Waals surface area contributed by atoms with Crippen molar-refractivity contribution in [3.63, 3.8) is 0 Å². The van der Waals surface area contributed by atoms with Gasteiger partial charge in [-0.25, -0.2) is 9.18 Å². The Hall–Kier alpha value is -4.18. The number of benzene rings is 3. The molecular weight excluding hydrogens is 550 g/mol. The van der Waals surface area contributed by atoms with Gasteiger partial charge in [0, 0.05) is 16.8 Å². The maximum absolute atomic E-state index is 14.9. The lowest BCUT2D eigenvalue weighted by Gasteiger charge is -2.27. The van der Waals surface area contributed by atoms with Gasteiger partial charge in [0.25, 0.3) is 5.56 Å². The van der Waals surface area contributed by atoms with Crippen molar-refractivity contribution in [1.82, 2.24) is 14.0 Å². The minimum absolute atomic E-state index is 0.0391. The number of rotatable bonds is 8. The van der Waals surface area contributed by atoms with Crippen molar-refractivity contribution in [3.8, 4) is 16.9 Å². The molecule has 0 aliphatic heterocycles. The fourth-order valence-corrected chi connectivity index (χ4v) is 5.16. The fraction of sp³-hybridized carbons (Fsp3) is 0.312. The maximum Gasteiger partial charge on any atom is 0.416 e. The number of aromatic nitrogens is 2. The van der Waals surface area contributed by atoms with E-state index in [-0.39, 0.29) is 29.5 Å². The minimum Gasteiger partial charge on any atom is -0.508 e. The van der Waals surface area contributed by atoms with Crippen LogP contribution in [0.1, 0.15) is 53.8 Å². The number of nitrogens with zero attached hydrogens (tertiary/aromatic N) is 3. The molecular formula is C32H33F4N3O3. The molecule has 0 aliphatic rings. The maximum atomic E-state index is 14.9.